The Hall–Kier alpha value is -2.29. The molecule has 0 aliphatic carbocycles. The standard InChI is InChI=1S/C16H13NO/c1-2-15(18)9-5-3-7-13-11-14-8-4-6-10-16(14)17-12-13/h1,4,6,8,10-12,15,18H,5,9H2. The number of aliphatic hydroxyl groups excluding tert-OH is 1. The van der Waals surface area contributed by atoms with Crippen molar-refractivity contribution in [2.45, 2.75) is 18.9 Å². The summed E-state index contributed by atoms with van der Waals surface area (Å²) < 4.78 is 0. The van der Waals surface area contributed by atoms with Gasteiger partial charge < -0.3 is 5.11 Å². The van der Waals surface area contributed by atoms with Gasteiger partial charge in [-0.3, -0.25) is 4.98 Å². The maximum absolute atomic E-state index is 9.18. The summed E-state index contributed by atoms with van der Waals surface area (Å²) >= 11 is 0. The zero-order valence-corrected chi connectivity index (χ0v) is 9.93. The van der Waals surface area contributed by atoms with E-state index in [4.69, 9.17) is 6.42 Å². The van der Waals surface area contributed by atoms with Gasteiger partial charge in [0, 0.05) is 23.6 Å². The molecule has 1 atom stereocenters. The van der Waals surface area contributed by atoms with Crippen LogP contribution < -0.4 is 0 Å². The maximum atomic E-state index is 9.18. The molecule has 2 rings (SSSR count). The quantitative estimate of drug-likeness (QED) is 0.811. The van der Waals surface area contributed by atoms with Crippen molar-refractivity contribution in [3.8, 4) is 24.2 Å². The monoisotopic (exact) mass is 235 g/mol. The lowest BCUT2D eigenvalue weighted by atomic mass is 10.1. The van der Waals surface area contributed by atoms with Gasteiger partial charge in [-0.2, -0.15) is 0 Å². The lowest BCUT2D eigenvalue weighted by molar-refractivity contribution is 0.224. The molecule has 1 aromatic carbocycles. The fourth-order valence-corrected chi connectivity index (χ4v) is 1.60. The predicted molar refractivity (Wildman–Crippen MR) is 72.7 cm³/mol. The molecule has 2 nitrogen and oxygen atoms in total. The molecule has 0 radical (unpaired) electrons. The Balaban J connectivity index is 2.08. The van der Waals surface area contributed by atoms with Gasteiger partial charge >= 0.3 is 0 Å². The number of hydrogen-bond donors (Lipinski definition) is 1. The van der Waals surface area contributed by atoms with E-state index in [0.29, 0.717) is 12.8 Å². The molecular weight excluding hydrogens is 222 g/mol. The summed E-state index contributed by atoms with van der Waals surface area (Å²) in [5.74, 6) is 8.27. The van der Waals surface area contributed by atoms with Crippen molar-refractivity contribution < 1.29 is 5.11 Å². The smallest absolute Gasteiger partial charge is 0.115 e. The van der Waals surface area contributed by atoms with Gasteiger partial charge in [0.25, 0.3) is 0 Å². The second-order valence-corrected chi connectivity index (χ2v) is 3.94. The molecular formula is C16H13NO. The molecule has 0 fully saturated rings. The molecule has 1 heterocycles. The van der Waals surface area contributed by atoms with Crippen LogP contribution in [0, 0.1) is 24.2 Å². The van der Waals surface area contributed by atoms with Gasteiger partial charge in [0.15, 0.2) is 0 Å². The number of hydrogen-bond acceptors (Lipinski definition) is 2. The fourth-order valence-electron chi connectivity index (χ4n) is 1.60. The summed E-state index contributed by atoms with van der Waals surface area (Å²) in [5, 5.41) is 10.3. The van der Waals surface area contributed by atoms with Crippen molar-refractivity contribution in [2.24, 2.45) is 0 Å². The molecule has 0 aliphatic heterocycles. The van der Waals surface area contributed by atoms with E-state index in [2.05, 4.69) is 22.7 Å². The normalized spacial score (nSPS) is 11.3. The van der Waals surface area contributed by atoms with Gasteiger partial charge in [0.2, 0.25) is 0 Å². The average Bonchev–Trinajstić information content (AvgIpc) is 2.43. The number of terminal acetylenes is 1. The van der Waals surface area contributed by atoms with Gasteiger partial charge in [0.05, 0.1) is 5.52 Å². The summed E-state index contributed by atoms with van der Waals surface area (Å²) in [7, 11) is 0. The molecule has 0 bridgehead atoms. The number of aromatic nitrogens is 1. The Morgan fingerprint density at radius 3 is 3.00 bits per heavy atom. The van der Waals surface area contributed by atoms with Crippen molar-refractivity contribution in [3.63, 3.8) is 0 Å². The molecule has 1 unspecified atom stereocenters. The lowest BCUT2D eigenvalue weighted by Crippen LogP contribution is -2.00. The number of fused-ring (bicyclic) bond motifs is 1. The minimum Gasteiger partial charge on any atom is -0.380 e. The lowest BCUT2D eigenvalue weighted by Gasteiger charge is -1.97. The first-order valence-corrected chi connectivity index (χ1v) is 5.77. The second kappa shape index (κ2) is 5.87. The van der Waals surface area contributed by atoms with Crippen LogP contribution in [0.15, 0.2) is 36.5 Å². The fraction of sp³-hybridized carbons (Fsp3) is 0.188. The zero-order valence-electron chi connectivity index (χ0n) is 9.93. The van der Waals surface area contributed by atoms with E-state index >= 15 is 0 Å². The van der Waals surface area contributed by atoms with Crippen LogP contribution in [-0.2, 0) is 0 Å². The van der Waals surface area contributed by atoms with E-state index in [1.807, 2.05) is 30.3 Å². The van der Waals surface area contributed by atoms with Crippen LogP contribution in [0.5, 0.6) is 0 Å². The highest BCUT2D eigenvalue weighted by molar-refractivity contribution is 5.79. The van der Waals surface area contributed by atoms with Gasteiger partial charge in [0.1, 0.15) is 6.10 Å². The number of pyridine rings is 1. The maximum Gasteiger partial charge on any atom is 0.115 e. The van der Waals surface area contributed by atoms with Gasteiger partial charge in [-0.05, 0) is 18.6 Å². The van der Waals surface area contributed by atoms with Crippen molar-refractivity contribution in [1.29, 1.82) is 0 Å². The highest BCUT2D eigenvalue weighted by Crippen LogP contribution is 2.11. The first-order chi connectivity index (χ1) is 8.79. The molecule has 0 saturated heterocycles. The Labute approximate surface area is 107 Å². The third kappa shape index (κ3) is 3.10. The highest BCUT2D eigenvalue weighted by Gasteiger charge is 1.96. The first kappa shape index (κ1) is 12.2. The summed E-state index contributed by atoms with van der Waals surface area (Å²) in [5.41, 5.74) is 1.84. The molecule has 2 aromatic rings. The van der Waals surface area contributed by atoms with Crippen molar-refractivity contribution >= 4 is 10.9 Å². The van der Waals surface area contributed by atoms with Crippen LogP contribution in [0.2, 0.25) is 0 Å². The molecule has 2 heteroatoms. The Morgan fingerprint density at radius 1 is 1.33 bits per heavy atom. The Morgan fingerprint density at radius 2 is 2.17 bits per heavy atom. The van der Waals surface area contributed by atoms with Gasteiger partial charge in [-0.15, -0.1) is 6.42 Å². The van der Waals surface area contributed by atoms with Crippen LogP contribution in [0.1, 0.15) is 18.4 Å². The van der Waals surface area contributed by atoms with Crippen LogP contribution in [-0.4, -0.2) is 16.2 Å². The van der Waals surface area contributed by atoms with Crippen molar-refractivity contribution in [3.05, 3.63) is 42.1 Å². The van der Waals surface area contributed by atoms with Crippen molar-refractivity contribution in [2.75, 3.05) is 0 Å². The van der Waals surface area contributed by atoms with E-state index in [1.165, 1.54) is 0 Å². The molecule has 0 aliphatic rings. The van der Waals surface area contributed by atoms with E-state index in [9.17, 15) is 5.11 Å². The molecule has 88 valence electrons. The molecule has 1 N–H and O–H groups in total. The summed E-state index contributed by atoms with van der Waals surface area (Å²) in [6, 6.07) is 9.92. The number of para-hydroxylation sites is 1. The summed E-state index contributed by atoms with van der Waals surface area (Å²) in [4.78, 5) is 4.33. The molecule has 0 saturated carbocycles. The number of nitrogens with zero attached hydrogens (tertiary/aromatic N) is 1. The van der Waals surface area contributed by atoms with E-state index < -0.39 is 6.10 Å². The number of benzene rings is 1. The van der Waals surface area contributed by atoms with Crippen LogP contribution >= 0.6 is 0 Å². The SMILES string of the molecule is C#CC(O)CCC#Cc1cnc2ccccc2c1. The minimum absolute atomic E-state index is 0.504. The second-order valence-electron chi connectivity index (χ2n) is 3.94. The largest absolute Gasteiger partial charge is 0.380 e. The van der Waals surface area contributed by atoms with Crippen LogP contribution in [0.25, 0.3) is 10.9 Å². The molecule has 0 amide bonds. The molecule has 18 heavy (non-hydrogen) atoms. The third-order valence-electron chi connectivity index (χ3n) is 2.56. The van der Waals surface area contributed by atoms with E-state index in [-0.39, 0.29) is 0 Å². The third-order valence-corrected chi connectivity index (χ3v) is 2.56. The summed E-state index contributed by atoms with van der Waals surface area (Å²) in [6.07, 6.45) is 7.21. The number of rotatable bonds is 2. The van der Waals surface area contributed by atoms with Crippen LogP contribution in [0.4, 0.5) is 0 Å². The highest BCUT2D eigenvalue weighted by atomic mass is 16.3. The Bertz CT molecular complexity index is 643. The molecule has 0 spiro atoms. The molecule has 1 aromatic heterocycles. The first-order valence-electron chi connectivity index (χ1n) is 5.77. The summed E-state index contributed by atoms with van der Waals surface area (Å²) in [6.45, 7) is 0. The van der Waals surface area contributed by atoms with Gasteiger partial charge in [-0.1, -0.05) is 36.0 Å². The van der Waals surface area contributed by atoms with Gasteiger partial charge in [-0.25, -0.2) is 0 Å². The Kier molecular flexibility index (Phi) is 3.97. The van der Waals surface area contributed by atoms with Crippen molar-refractivity contribution in [1.82, 2.24) is 4.98 Å². The number of aliphatic hydroxyl groups is 1. The average molecular weight is 235 g/mol. The van der Waals surface area contributed by atoms with Crippen LogP contribution in [0.3, 0.4) is 0 Å². The topological polar surface area (TPSA) is 33.1 Å². The predicted octanol–water partition coefficient (Wildman–Crippen LogP) is 2.36. The van der Waals surface area contributed by atoms with E-state index in [1.54, 1.807) is 6.20 Å². The minimum atomic E-state index is -0.700. The zero-order chi connectivity index (χ0) is 12.8. The van der Waals surface area contributed by atoms with E-state index in [0.717, 1.165) is 16.5 Å².